The summed E-state index contributed by atoms with van der Waals surface area (Å²) in [4.78, 5) is 10.4. The van der Waals surface area contributed by atoms with Crippen LogP contribution in [0.25, 0.3) is 0 Å². The summed E-state index contributed by atoms with van der Waals surface area (Å²) in [5, 5.41) is 0. The van der Waals surface area contributed by atoms with Gasteiger partial charge in [0.05, 0.1) is 0 Å². The van der Waals surface area contributed by atoms with E-state index in [0.29, 0.717) is 6.99 Å². The second-order valence-corrected chi connectivity index (χ2v) is 50.0. The number of rotatable bonds is 8. The van der Waals surface area contributed by atoms with Crippen LogP contribution in [0.15, 0.2) is 48.8 Å². The van der Waals surface area contributed by atoms with E-state index in [9.17, 15) is 0 Å². The maximum absolute atomic E-state index is 5.20. The van der Waals surface area contributed by atoms with Crippen molar-refractivity contribution >= 4 is 62.2 Å². The maximum atomic E-state index is 5.20. The summed E-state index contributed by atoms with van der Waals surface area (Å²) in [5.41, 5.74) is 2.85. The minimum absolute atomic E-state index is 0.295. The third-order valence-electron chi connectivity index (χ3n) is 7.28. The molecule has 0 aliphatic heterocycles. The van der Waals surface area contributed by atoms with Crippen LogP contribution in [-0.4, -0.2) is 72.1 Å². The zero-order valence-corrected chi connectivity index (χ0v) is 30.8. The first kappa shape index (κ1) is 28.7. The Morgan fingerprint density at radius 3 is 1.03 bits per heavy atom. The molecule has 32 heavy (non-hydrogen) atoms. The van der Waals surface area contributed by atoms with Crippen molar-refractivity contribution in [2.45, 2.75) is 85.6 Å². The summed E-state index contributed by atoms with van der Waals surface area (Å²) in [6, 6.07) is 13.5. The normalized spacial score (nSPS) is 14.4. The molecule has 0 N–H and O–H groups in total. The van der Waals surface area contributed by atoms with Crippen LogP contribution in [0.4, 0.5) is 0 Å². The number of hydrogen-bond acceptors (Lipinski definition) is 2. The van der Waals surface area contributed by atoms with E-state index in [4.69, 9.17) is 9.97 Å². The topological polar surface area (TPSA) is 25.8 Å². The molecule has 2 nitrogen and oxygen atoms in total. The molecular weight excluding hydrogens is 629 g/mol. The van der Waals surface area contributed by atoms with Crippen LogP contribution in [-0.2, 0) is 6.99 Å². The fourth-order valence-corrected chi connectivity index (χ4v) is 115. The summed E-state index contributed by atoms with van der Waals surface area (Å²) in [6.45, 7) is 31.8. The second kappa shape index (κ2) is 9.51. The van der Waals surface area contributed by atoms with Crippen molar-refractivity contribution in [1.82, 2.24) is 9.97 Å². The Morgan fingerprint density at radius 1 is 0.562 bits per heavy atom. The van der Waals surface area contributed by atoms with Crippen LogP contribution in [0.2, 0.25) is 78.6 Å². The predicted octanol–water partition coefficient (Wildman–Crippen LogP) is 6.40. The fraction of sp³-hybridized carbons (Fsp3) is 0.583. The Hall–Kier alpha value is 0.500. The van der Waals surface area contributed by atoms with E-state index in [1.54, 1.807) is 0 Å². The molecule has 2 heterocycles. The number of nitrogens with zero attached hydrogens (tertiary/aromatic N) is 2. The van der Waals surface area contributed by atoms with Crippen molar-refractivity contribution < 1.29 is 0 Å². The average molecular weight is 673 g/mol. The molecule has 2 aromatic rings. The number of hydrogen-bond donors (Lipinski definition) is 0. The SMILES string of the molecule is C[Si](C)(C)[C](c1ccccn1)([Ge](=[Te])[C](c1ccccn1)([Si](C)(C)C)[Si](C)(C)C)[Si](C)(C)C. The molecule has 0 saturated carbocycles. The van der Waals surface area contributed by atoms with Gasteiger partial charge in [0.1, 0.15) is 0 Å². The zero-order chi connectivity index (χ0) is 24.8. The van der Waals surface area contributed by atoms with Crippen molar-refractivity contribution in [2.24, 2.45) is 0 Å². The molecule has 0 aliphatic rings. The summed E-state index contributed by atoms with van der Waals surface area (Å²) in [6.07, 6.45) is 4.12. The molecule has 0 spiro atoms. The third kappa shape index (κ3) is 4.54. The Kier molecular flexibility index (Phi) is 8.54. The third-order valence-corrected chi connectivity index (χ3v) is 75.0. The van der Waals surface area contributed by atoms with Crippen LogP contribution < -0.4 is 0 Å². The molecule has 176 valence electrons. The standard InChI is InChI=1S/C24H44GeN2Si4Te/c1-28(2,3)23(29(4,5)6,21-17-13-15-19-26-21)25(32)24(30(7,8)9,31(10,11)12)22-18-14-16-20-27-22/h13-20H,1-12H3. The molecule has 0 amide bonds. The van der Waals surface area contributed by atoms with E-state index >= 15 is 0 Å². The van der Waals surface area contributed by atoms with Gasteiger partial charge in [-0.3, -0.25) is 0 Å². The fourth-order valence-electron chi connectivity index (χ4n) is 6.83. The van der Waals surface area contributed by atoms with Crippen molar-refractivity contribution in [3.8, 4) is 0 Å². The van der Waals surface area contributed by atoms with Crippen LogP contribution in [0, 0.1) is 0 Å². The van der Waals surface area contributed by atoms with Gasteiger partial charge in [-0.05, 0) is 0 Å². The van der Waals surface area contributed by atoms with E-state index in [2.05, 4.69) is 147 Å². The Morgan fingerprint density at radius 2 is 0.844 bits per heavy atom. The van der Waals surface area contributed by atoms with Crippen LogP contribution in [0.1, 0.15) is 11.4 Å². The molecule has 0 saturated heterocycles. The van der Waals surface area contributed by atoms with Crippen LogP contribution >= 0.6 is 0 Å². The van der Waals surface area contributed by atoms with Gasteiger partial charge >= 0.3 is 218 Å². The van der Waals surface area contributed by atoms with Crippen molar-refractivity contribution in [3.63, 3.8) is 0 Å². The number of pyridine rings is 2. The minimum atomic E-state index is -1.93. The van der Waals surface area contributed by atoms with E-state index in [1.165, 1.54) is 11.4 Å². The molecule has 2 aromatic heterocycles. The molecule has 0 aliphatic carbocycles. The Labute approximate surface area is 216 Å². The molecule has 0 aromatic carbocycles. The molecule has 0 radical (unpaired) electrons. The molecule has 0 unspecified atom stereocenters. The van der Waals surface area contributed by atoms with Gasteiger partial charge in [0.15, 0.2) is 0 Å². The van der Waals surface area contributed by atoms with E-state index in [1.807, 2.05) is 0 Å². The van der Waals surface area contributed by atoms with E-state index < -0.39 is 42.8 Å². The zero-order valence-electron chi connectivity index (χ0n) is 22.4. The van der Waals surface area contributed by atoms with Gasteiger partial charge in [0.25, 0.3) is 0 Å². The van der Waals surface area contributed by atoms with Crippen molar-refractivity contribution in [2.75, 3.05) is 0 Å². The van der Waals surface area contributed by atoms with Gasteiger partial charge in [0, 0.05) is 0 Å². The van der Waals surface area contributed by atoms with Crippen LogP contribution in [0.5, 0.6) is 0 Å². The van der Waals surface area contributed by atoms with Gasteiger partial charge in [-0.2, -0.15) is 0 Å². The molecule has 0 atom stereocenters. The Bertz CT molecular complexity index is 835. The van der Waals surface area contributed by atoms with Crippen LogP contribution in [0.3, 0.4) is 0 Å². The quantitative estimate of drug-likeness (QED) is 0.304. The summed E-state index contributed by atoms with van der Waals surface area (Å²) >= 11 is 2.68. The first-order valence-corrected chi connectivity index (χ1v) is 34.8. The van der Waals surface area contributed by atoms with Gasteiger partial charge in [0.2, 0.25) is 0 Å². The van der Waals surface area contributed by atoms with Gasteiger partial charge in [-0.25, -0.2) is 0 Å². The summed E-state index contributed by atoms with van der Waals surface area (Å²) in [5.74, 6) is 0. The Balaban J connectivity index is 3.18. The monoisotopic (exact) mass is 676 g/mol. The molecule has 2 rings (SSSR count). The molecule has 0 fully saturated rings. The molecular formula is C24H44GeN2Si4Te. The van der Waals surface area contributed by atoms with E-state index in [-0.39, 0.29) is 0 Å². The summed E-state index contributed by atoms with van der Waals surface area (Å²) in [7, 11) is -8.66. The average Bonchev–Trinajstić information content (AvgIpc) is 2.59. The molecule has 0 bridgehead atoms. The van der Waals surface area contributed by atoms with Crippen molar-refractivity contribution in [1.29, 1.82) is 0 Å². The predicted molar refractivity (Wildman–Crippen MR) is 157 cm³/mol. The van der Waals surface area contributed by atoms with E-state index in [0.717, 1.165) is 0 Å². The molecule has 8 heteroatoms. The van der Waals surface area contributed by atoms with Gasteiger partial charge < -0.3 is 0 Å². The first-order chi connectivity index (χ1) is 14.4. The number of aromatic nitrogens is 2. The van der Waals surface area contributed by atoms with Crippen molar-refractivity contribution in [3.05, 3.63) is 60.2 Å². The first-order valence-electron chi connectivity index (χ1n) is 11.7. The summed E-state index contributed by atoms with van der Waals surface area (Å²) < 4.78 is 0.591. The van der Waals surface area contributed by atoms with Gasteiger partial charge in [-0.1, -0.05) is 0 Å². The van der Waals surface area contributed by atoms with Gasteiger partial charge in [-0.15, -0.1) is 0 Å². The second-order valence-electron chi connectivity index (χ2n) is 13.3.